The molecule has 4 heteroatoms. The summed E-state index contributed by atoms with van der Waals surface area (Å²) in [5, 5.41) is 0. The molecule has 4 nitrogen and oxygen atoms in total. The van der Waals surface area contributed by atoms with Crippen LogP contribution in [0.1, 0.15) is 26.3 Å². The van der Waals surface area contributed by atoms with E-state index in [4.69, 9.17) is 9.47 Å². The number of ether oxygens (including phenoxy) is 2. The number of nitrogens with zero attached hydrogens (tertiary/aromatic N) is 1. The third-order valence-electron chi connectivity index (χ3n) is 3.47. The number of rotatable bonds is 4. The molecule has 0 aromatic heterocycles. The third kappa shape index (κ3) is 3.97. The lowest BCUT2D eigenvalue weighted by atomic mass is 10.2. The normalized spacial score (nSPS) is 22.6. The van der Waals surface area contributed by atoms with Gasteiger partial charge in [0, 0.05) is 13.1 Å². The summed E-state index contributed by atoms with van der Waals surface area (Å²) in [4.78, 5) is 13.9. The number of morpholine rings is 1. The van der Waals surface area contributed by atoms with Crippen molar-refractivity contribution in [2.24, 2.45) is 0 Å². The number of benzene rings is 1. The van der Waals surface area contributed by atoms with Crippen molar-refractivity contribution in [1.82, 2.24) is 4.90 Å². The predicted octanol–water partition coefficient (Wildman–Crippen LogP) is 2.26. The van der Waals surface area contributed by atoms with Crippen LogP contribution >= 0.6 is 0 Å². The van der Waals surface area contributed by atoms with Gasteiger partial charge in [-0.05, 0) is 38.0 Å². The molecule has 20 heavy (non-hydrogen) atoms. The molecular formula is C16H23NO3. The molecule has 1 heterocycles. The molecule has 1 aromatic carbocycles. The van der Waals surface area contributed by atoms with Crippen molar-refractivity contribution in [2.75, 3.05) is 19.7 Å². The van der Waals surface area contributed by atoms with Gasteiger partial charge in [0.15, 0.2) is 6.61 Å². The molecule has 1 aliphatic heterocycles. The van der Waals surface area contributed by atoms with E-state index in [1.165, 1.54) is 5.56 Å². The second-order valence-electron chi connectivity index (χ2n) is 5.34. The summed E-state index contributed by atoms with van der Waals surface area (Å²) in [5.41, 5.74) is 1.26. The van der Waals surface area contributed by atoms with Crippen LogP contribution in [0.25, 0.3) is 0 Å². The largest absolute Gasteiger partial charge is 0.484 e. The molecule has 0 saturated carbocycles. The van der Waals surface area contributed by atoms with Crippen LogP contribution in [0.3, 0.4) is 0 Å². The lowest BCUT2D eigenvalue weighted by molar-refractivity contribution is -0.145. The molecule has 0 N–H and O–H groups in total. The monoisotopic (exact) mass is 277 g/mol. The number of carbonyl (C=O) groups excluding carboxylic acids is 1. The molecular weight excluding hydrogens is 254 g/mol. The summed E-state index contributed by atoms with van der Waals surface area (Å²) < 4.78 is 11.2. The Bertz CT molecular complexity index is 434. The number of hydrogen-bond donors (Lipinski definition) is 0. The molecule has 110 valence electrons. The molecule has 0 bridgehead atoms. The van der Waals surface area contributed by atoms with E-state index in [-0.39, 0.29) is 24.7 Å². The topological polar surface area (TPSA) is 38.8 Å². The average molecular weight is 277 g/mol. The maximum absolute atomic E-state index is 12.1. The smallest absolute Gasteiger partial charge is 0.260 e. The van der Waals surface area contributed by atoms with Crippen molar-refractivity contribution < 1.29 is 14.3 Å². The van der Waals surface area contributed by atoms with Gasteiger partial charge in [0.25, 0.3) is 5.91 Å². The minimum Gasteiger partial charge on any atom is -0.484 e. The maximum Gasteiger partial charge on any atom is 0.260 e. The predicted molar refractivity (Wildman–Crippen MR) is 77.9 cm³/mol. The fourth-order valence-corrected chi connectivity index (χ4v) is 2.44. The molecule has 1 fully saturated rings. The van der Waals surface area contributed by atoms with E-state index < -0.39 is 0 Å². The molecule has 1 aromatic rings. The van der Waals surface area contributed by atoms with Gasteiger partial charge in [0.1, 0.15) is 5.75 Å². The molecule has 1 amide bonds. The average Bonchev–Trinajstić information content (AvgIpc) is 2.44. The minimum atomic E-state index is 0.0200. The lowest BCUT2D eigenvalue weighted by Crippen LogP contribution is -2.49. The van der Waals surface area contributed by atoms with Crippen LogP contribution in [0, 0.1) is 0 Å². The van der Waals surface area contributed by atoms with E-state index in [0.29, 0.717) is 13.1 Å². The Morgan fingerprint density at radius 2 is 1.85 bits per heavy atom. The van der Waals surface area contributed by atoms with Gasteiger partial charge in [0.2, 0.25) is 0 Å². The van der Waals surface area contributed by atoms with Crippen LogP contribution < -0.4 is 4.74 Å². The van der Waals surface area contributed by atoms with E-state index >= 15 is 0 Å². The Balaban J connectivity index is 1.84. The van der Waals surface area contributed by atoms with E-state index in [1.807, 2.05) is 43.0 Å². The Morgan fingerprint density at radius 3 is 2.40 bits per heavy atom. The molecule has 0 aliphatic carbocycles. The highest BCUT2D eigenvalue weighted by molar-refractivity contribution is 5.78. The van der Waals surface area contributed by atoms with Crippen LogP contribution in [-0.4, -0.2) is 42.7 Å². The molecule has 1 aliphatic rings. The Labute approximate surface area is 120 Å². The van der Waals surface area contributed by atoms with Gasteiger partial charge >= 0.3 is 0 Å². The van der Waals surface area contributed by atoms with Crippen molar-refractivity contribution in [3.63, 3.8) is 0 Å². The highest BCUT2D eigenvalue weighted by Gasteiger charge is 2.25. The Morgan fingerprint density at radius 1 is 1.25 bits per heavy atom. The van der Waals surface area contributed by atoms with Gasteiger partial charge in [-0.25, -0.2) is 0 Å². The first-order valence-electron chi connectivity index (χ1n) is 7.23. The summed E-state index contributed by atoms with van der Waals surface area (Å²) in [6.45, 7) is 7.45. The van der Waals surface area contributed by atoms with Crippen LogP contribution in [0.2, 0.25) is 0 Å². The lowest BCUT2D eigenvalue weighted by Gasteiger charge is -2.35. The van der Waals surface area contributed by atoms with Crippen LogP contribution in [0.4, 0.5) is 0 Å². The van der Waals surface area contributed by atoms with Crippen LogP contribution in [0.15, 0.2) is 24.3 Å². The van der Waals surface area contributed by atoms with Gasteiger partial charge in [-0.15, -0.1) is 0 Å². The molecule has 1 saturated heterocycles. The zero-order valence-electron chi connectivity index (χ0n) is 12.5. The summed E-state index contributed by atoms with van der Waals surface area (Å²) in [7, 11) is 0. The minimum absolute atomic E-state index is 0.0200. The van der Waals surface area contributed by atoms with E-state index in [9.17, 15) is 4.79 Å². The SMILES string of the molecule is CCc1ccc(OCC(=O)N2C[C@@H](C)O[C@H](C)C2)cc1. The number of aryl methyl sites for hydroxylation is 1. The van der Waals surface area contributed by atoms with Gasteiger partial charge < -0.3 is 14.4 Å². The zero-order chi connectivity index (χ0) is 14.5. The van der Waals surface area contributed by atoms with E-state index in [1.54, 1.807) is 0 Å². The van der Waals surface area contributed by atoms with Gasteiger partial charge in [-0.3, -0.25) is 4.79 Å². The summed E-state index contributed by atoms with van der Waals surface area (Å²) >= 11 is 0. The van der Waals surface area contributed by atoms with Gasteiger partial charge in [0.05, 0.1) is 12.2 Å². The highest BCUT2D eigenvalue weighted by Crippen LogP contribution is 2.14. The first kappa shape index (κ1) is 14.9. The summed E-state index contributed by atoms with van der Waals surface area (Å²) in [5.74, 6) is 0.761. The molecule has 0 unspecified atom stereocenters. The fourth-order valence-electron chi connectivity index (χ4n) is 2.44. The summed E-state index contributed by atoms with van der Waals surface area (Å²) in [6.07, 6.45) is 1.18. The quantitative estimate of drug-likeness (QED) is 0.847. The Hall–Kier alpha value is -1.55. The first-order chi connectivity index (χ1) is 9.58. The Kier molecular flexibility index (Phi) is 5.01. The molecule has 0 spiro atoms. The summed E-state index contributed by atoms with van der Waals surface area (Å²) in [6, 6.07) is 7.88. The molecule has 0 radical (unpaired) electrons. The maximum atomic E-state index is 12.1. The van der Waals surface area contributed by atoms with E-state index in [2.05, 4.69) is 6.92 Å². The standard InChI is InChI=1S/C16H23NO3/c1-4-14-5-7-15(8-6-14)19-11-16(18)17-9-12(2)20-13(3)10-17/h5-8,12-13H,4,9-11H2,1-3H3/t12-,13-/m1/s1. The molecule has 2 rings (SSSR count). The van der Waals surface area contributed by atoms with Crippen molar-refractivity contribution >= 4 is 5.91 Å². The second-order valence-corrected chi connectivity index (χ2v) is 5.34. The first-order valence-corrected chi connectivity index (χ1v) is 7.23. The van der Waals surface area contributed by atoms with Crippen LogP contribution in [0.5, 0.6) is 5.75 Å². The van der Waals surface area contributed by atoms with Crippen molar-refractivity contribution in [3.05, 3.63) is 29.8 Å². The molecule has 2 atom stereocenters. The third-order valence-corrected chi connectivity index (χ3v) is 3.47. The number of amides is 1. The van der Waals surface area contributed by atoms with Crippen molar-refractivity contribution in [2.45, 2.75) is 39.4 Å². The van der Waals surface area contributed by atoms with Crippen molar-refractivity contribution in [1.29, 1.82) is 0 Å². The van der Waals surface area contributed by atoms with E-state index in [0.717, 1.165) is 12.2 Å². The number of hydrogen-bond acceptors (Lipinski definition) is 3. The van der Waals surface area contributed by atoms with Crippen molar-refractivity contribution in [3.8, 4) is 5.75 Å². The van der Waals surface area contributed by atoms with Gasteiger partial charge in [-0.2, -0.15) is 0 Å². The number of carbonyl (C=O) groups is 1. The van der Waals surface area contributed by atoms with Gasteiger partial charge in [-0.1, -0.05) is 19.1 Å². The van der Waals surface area contributed by atoms with Crippen LogP contribution in [-0.2, 0) is 16.0 Å². The fraction of sp³-hybridized carbons (Fsp3) is 0.562. The highest BCUT2D eigenvalue weighted by atomic mass is 16.5. The zero-order valence-corrected chi connectivity index (χ0v) is 12.5. The second kappa shape index (κ2) is 6.75.